The lowest BCUT2D eigenvalue weighted by Gasteiger charge is -2.16. The molecule has 3 nitrogen and oxygen atoms in total. The SMILES string of the molecule is NCCN(N)c1ccccc1. The molecule has 0 aromatic heterocycles. The molecule has 1 aromatic carbocycles. The van der Waals surface area contributed by atoms with Gasteiger partial charge in [-0.2, -0.15) is 0 Å². The van der Waals surface area contributed by atoms with Gasteiger partial charge in [0.1, 0.15) is 0 Å². The van der Waals surface area contributed by atoms with Crippen molar-refractivity contribution in [2.45, 2.75) is 0 Å². The van der Waals surface area contributed by atoms with Crippen LogP contribution in [0.2, 0.25) is 0 Å². The molecule has 60 valence electrons. The van der Waals surface area contributed by atoms with Crippen LogP contribution in [0.4, 0.5) is 5.69 Å². The first-order chi connectivity index (χ1) is 5.34. The summed E-state index contributed by atoms with van der Waals surface area (Å²) >= 11 is 0. The molecule has 3 heteroatoms. The fraction of sp³-hybridized carbons (Fsp3) is 0.250. The highest BCUT2D eigenvalue weighted by molar-refractivity contribution is 5.43. The van der Waals surface area contributed by atoms with Crippen molar-refractivity contribution >= 4 is 5.69 Å². The van der Waals surface area contributed by atoms with Crippen LogP contribution in [0.3, 0.4) is 0 Å². The predicted octanol–water partition coefficient (Wildman–Crippen LogP) is 0.325. The van der Waals surface area contributed by atoms with Crippen LogP contribution in [-0.4, -0.2) is 13.1 Å². The molecular weight excluding hydrogens is 138 g/mol. The Labute approximate surface area is 66.6 Å². The zero-order chi connectivity index (χ0) is 8.10. The van der Waals surface area contributed by atoms with Gasteiger partial charge in [-0.15, -0.1) is 0 Å². The van der Waals surface area contributed by atoms with Gasteiger partial charge in [0.15, 0.2) is 0 Å². The van der Waals surface area contributed by atoms with Gasteiger partial charge in [0.25, 0.3) is 0 Å². The molecule has 0 heterocycles. The van der Waals surface area contributed by atoms with Gasteiger partial charge in [-0.05, 0) is 12.1 Å². The van der Waals surface area contributed by atoms with Crippen molar-refractivity contribution in [1.29, 1.82) is 0 Å². The van der Waals surface area contributed by atoms with E-state index in [0.717, 1.165) is 5.69 Å². The van der Waals surface area contributed by atoms with E-state index in [1.54, 1.807) is 5.01 Å². The fourth-order valence-corrected chi connectivity index (χ4v) is 0.888. The van der Waals surface area contributed by atoms with Crippen LogP contribution in [-0.2, 0) is 0 Å². The van der Waals surface area contributed by atoms with Crippen molar-refractivity contribution < 1.29 is 0 Å². The van der Waals surface area contributed by atoms with Crippen LogP contribution in [0.25, 0.3) is 0 Å². The molecule has 0 aliphatic carbocycles. The maximum atomic E-state index is 5.66. The molecule has 0 aliphatic heterocycles. The Balaban J connectivity index is 2.61. The Hall–Kier alpha value is -1.06. The van der Waals surface area contributed by atoms with Gasteiger partial charge in [-0.25, -0.2) is 5.84 Å². The summed E-state index contributed by atoms with van der Waals surface area (Å²) in [6.45, 7) is 1.26. The second-order valence-electron chi connectivity index (χ2n) is 2.32. The number of hydrogen-bond donors (Lipinski definition) is 2. The largest absolute Gasteiger partial charge is 0.329 e. The molecule has 0 radical (unpaired) electrons. The molecular formula is C8H13N3. The van der Waals surface area contributed by atoms with Crippen molar-refractivity contribution in [2.75, 3.05) is 18.1 Å². The van der Waals surface area contributed by atoms with Crippen molar-refractivity contribution in [3.8, 4) is 0 Å². The van der Waals surface area contributed by atoms with Crippen molar-refractivity contribution in [1.82, 2.24) is 0 Å². The molecule has 0 spiro atoms. The summed E-state index contributed by atoms with van der Waals surface area (Å²) in [5, 5.41) is 1.64. The van der Waals surface area contributed by atoms with E-state index in [-0.39, 0.29) is 0 Å². The molecule has 0 saturated carbocycles. The zero-order valence-corrected chi connectivity index (χ0v) is 6.40. The van der Waals surface area contributed by atoms with E-state index < -0.39 is 0 Å². The van der Waals surface area contributed by atoms with Gasteiger partial charge in [0.05, 0.1) is 5.69 Å². The number of nitrogens with zero attached hydrogens (tertiary/aromatic N) is 1. The molecule has 0 amide bonds. The minimum absolute atomic E-state index is 0.575. The van der Waals surface area contributed by atoms with E-state index in [0.29, 0.717) is 13.1 Å². The third-order valence-electron chi connectivity index (χ3n) is 1.46. The second-order valence-corrected chi connectivity index (χ2v) is 2.32. The first-order valence-electron chi connectivity index (χ1n) is 3.62. The molecule has 0 atom stereocenters. The summed E-state index contributed by atoms with van der Waals surface area (Å²) in [6.07, 6.45) is 0. The highest BCUT2D eigenvalue weighted by atomic mass is 15.4. The Morgan fingerprint density at radius 2 is 1.82 bits per heavy atom. The standard InChI is InChI=1S/C8H13N3/c9-6-7-11(10)8-4-2-1-3-5-8/h1-5H,6-7,9-10H2. The lowest BCUT2D eigenvalue weighted by molar-refractivity contribution is 0.833. The van der Waals surface area contributed by atoms with E-state index >= 15 is 0 Å². The number of anilines is 1. The van der Waals surface area contributed by atoms with Gasteiger partial charge in [-0.3, -0.25) is 0 Å². The third-order valence-corrected chi connectivity index (χ3v) is 1.46. The Kier molecular flexibility index (Phi) is 2.89. The van der Waals surface area contributed by atoms with Crippen molar-refractivity contribution in [3.63, 3.8) is 0 Å². The Morgan fingerprint density at radius 1 is 1.18 bits per heavy atom. The molecule has 0 bridgehead atoms. The molecule has 0 saturated heterocycles. The van der Waals surface area contributed by atoms with E-state index in [4.69, 9.17) is 11.6 Å². The zero-order valence-electron chi connectivity index (χ0n) is 6.40. The number of nitrogens with two attached hydrogens (primary N) is 2. The molecule has 0 unspecified atom stereocenters. The first kappa shape index (κ1) is 8.04. The monoisotopic (exact) mass is 151 g/mol. The first-order valence-corrected chi connectivity index (χ1v) is 3.62. The molecule has 1 rings (SSSR count). The van der Waals surface area contributed by atoms with E-state index in [2.05, 4.69) is 0 Å². The predicted molar refractivity (Wildman–Crippen MR) is 47.0 cm³/mol. The number of para-hydroxylation sites is 1. The minimum atomic E-state index is 0.575. The van der Waals surface area contributed by atoms with Crippen molar-refractivity contribution in [2.24, 2.45) is 11.6 Å². The maximum absolute atomic E-state index is 5.66. The topological polar surface area (TPSA) is 55.3 Å². The highest BCUT2D eigenvalue weighted by Gasteiger charge is 1.96. The van der Waals surface area contributed by atoms with Crippen LogP contribution in [0, 0.1) is 0 Å². The number of hydrazine groups is 1. The normalized spacial score (nSPS) is 9.64. The minimum Gasteiger partial charge on any atom is -0.329 e. The molecule has 0 fully saturated rings. The lowest BCUT2D eigenvalue weighted by atomic mass is 10.3. The Morgan fingerprint density at radius 3 is 2.36 bits per heavy atom. The molecule has 1 aromatic rings. The summed E-state index contributed by atoms with van der Waals surface area (Å²) in [5.74, 6) is 5.66. The van der Waals surface area contributed by atoms with E-state index in [1.807, 2.05) is 30.3 Å². The van der Waals surface area contributed by atoms with Crippen molar-refractivity contribution in [3.05, 3.63) is 30.3 Å². The molecule has 0 aliphatic rings. The summed E-state index contributed by atoms with van der Waals surface area (Å²) in [7, 11) is 0. The summed E-state index contributed by atoms with van der Waals surface area (Å²) < 4.78 is 0. The van der Waals surface area contributed by atoms with Gasteiger partial charge >= 0.3 is 0 Å². The van der Waals surface area contributed by atoms with E-state index in [9.17, 15) is 0 Å². The van der Waals surface area contributed by atoms with E-state index in [1.165, 1.54) is 0 Å². The summed E-state index contributed by atoms with van der Waals surface area (Å²) in [4.78, 5) is 0. The quantitative estimate of drug-likeness (QED) is 0.483. The van der Waals surface area contributed by atoms with Crippen LogP contribution in [0.5, 0.6) is 0 Å². The average Bonchev–Trinajstić information content (AvgIpc) is 2.07. The number of hydrogen-bond acceptors (Lipinski definition) is 3. The smallest absolute Gasteiger partial charge is 0.0517 e. The second kappa shape index (κ2) is 3.95. The number of rotatable bonds is 3. The van der Waals surface area contributed by atoms with Crippen LogP contribution < -0.4 is 16.6 Å². The van der Waals surface area contributed by atoms with Gasteiger partial charge < -0.3 is 10.7 Å². The fourth-order valence-electron chi connectivity index (χ4n) is 0.888. The average molecular weight is 151 g/mol. The molecule has 4 N–H and O–H groups in total. The highest BCUT2D eigenvalue weighted by Crippen LogP contribution is 2.07. The van der Waals surface area contributed by atoms with Gasteiger partial charge in [0.2, 0.25) is 0 Å². The summed E-state index contributed by atoms with van der Waals surface area (Å²) in [5.41, 5.74) is 6.34. The molecule has 11 heavy (non-hydrogen) atoms. The van der Waals surface area contributed by atoms with Gasteiger partial charge in [0, 0.05) is 13.1 Å². The number of benzene rings is 1. The van der Waals surface area contributed by atoms with Crippen LogP contribution in [0.1, 0.15) is 0 Å². The maximum Gasteiger partial charge on any atom is 0.0517 e. The van der Waals surface area contributed by atoms with Crippen LogP contribution in [0.15, 0.2) is 30.3 Å². The lowest BCUT2D eigenvalue weighted by Crippen LogP contribution is -2.35. The van der Waals surface area contributed by atoms with Crippen LogP contribution >= 0.6 is 0 Å². The Bertz CT molecular complexity index is 198. The third kappa shape index (κ3) is 2.22. The summed E-state index contributed by atoms with van der Waals surface area (Å²) in [6, 6.07) is 9.77. The van der Waals surface area contributed by atoms with Gasteiger partial charge in [-0.1, -0.05) is 18.2 Å².